The summed E-state index contributed by atoms with van der Waals surface area (Å²) in [5, 5.41) is 6.57. The zero-order chi connectivity index (χ0) is 20.4. The molecular formula is C21H24N2O5S. The fraction of sp³-hybridized carbons (Fsp3) is 0.429. The van der Waals surface area contributed by atoms with Gasteiger partial charge in [0.2, 0.25) is 12.7 Å². The molecule has 154 valence electrons. The van der Waals surface area contributed by atoms with E-state index in [1.807, 2.05) is 6.07 Å². The molecule has 0 fully saturated rings. The summed E-state index contributed by atoms with van der Waals surface area (Å²) in [6.45, 7) is 4.57. The molecule has 1 aliphatic carbocycles. The molecule has 0 radical (unpaired) electrons. The van der Waals surface area contributed by atoms with E-state index in [-0.39, 0.29) is 25.2 Å². The van der Waals surface area contributed by atoms with Crippen molar-refractivity contribution in [3.63, 3.8) is 0 Å². The molecular weight excluding hydrogens is 392 g/mol. The number of rotatable bonds is 6. The van der Waals surface area contributed by atoms with Gasteiger partial charge in [-0.2, -0.15) is 0 Å². The first-order chi connectivity index (χ1) is 14.0. The number of carbonyl (C=O) groups excluding carboxylic acids is 2. The largest absolute Gasteiger partial charge is 0.462 e. The van der Waals surface area contributed by atoms with Gasteiger partial charge in [0.15, 0.2) is 11.5 Å². The van der Waals surface area contributed by atoms with Crippen LogP contribution in [0.5, 0.6) is 11.5 Å². The van der Waals surface area contributed by atoms with Crippen LogP contribution in [0.15, 0.2) is 18.2 Å². The molecule has 8 heteroatoms. The first kappa shape index (κ1) is 19.6. The van der Waals surface area contributed by atoms with E-state index in [1.54, 1.807) is 19.1 Å². The Bertz CT molecular complexity index is 939. The molecule has 1 aliphatic heterocycles. The Morgan fingerprint density at radius 2 is 2.10 bits per heavy atom. The van der Waals surface area contributed by atoms with Crippen molar-refractivity contribution >= 4 is 33.9 Å². The Balaban J connectivity index is 1.46. The van der Waals surface area contributed by atoms with Crippen molar-refractivity contribution in [1.82, 2.24) is 0 Å². The monoisotopic (exact) mass is 416 g/mol. The van der Waals surface area contributed by atoms with Crippen molar-refractivity contribution in [2.24, 2.45) is 5.92 Å². The lowest BCUT2D eigenvalue weighted by Gasteiger charge is -2.18. The van der Waals surface area contributed by atoms with E-state index >= 15 is 0 Å². The molecule has 2 N–H and O–H groups in total. The molecule has 1 amide bonds. The number of ether oxygens (including phenoxy) is 3. The third-order valence-corrected chi connectivity index (χ3v) is 6.24. The lowest BCUT2D eigenvalue weighted by molar-refractivity contribution is -0.114. The highest BCUT2D eigenvalue weighted by atomic mass is 32.1. The molecule has 29 heavy (non-hydrogen) atoms. The first-order valence-electron chi connectivity index (χ1n) is 9.80. The zero-order valence-corrected chi connectivity index (χ0v) is 17.3. The number of esters is 1. The molecule has 4 rings (SSSR count). The number of hydrogen-bond donors (Lipinski definition) is 2. The lowest BCUT2D eigenvalue weighted by Crippen LogP contribution is -2.22. The Kier molecular flexibility index (Phi) is 5.62. The molecule has 2 heterocycles. The van der Waals surface area contributed by atoms with Gasteiger partial charge >= 0.3 is 5.97 Å². The lowest BCUT2D eigenvalue weighted by atomic mass is 9.88. The predicted octanol–water partition coefficient (Wildman–Crippen LogP) is 3.83. The maximum atomic E-state index is 12.6. The summed E-state index contributed by atoms with van der Waals surface area (Å²) in [7, 11) is 0. The fourth-order valence-electron chi connectivity index (χ4n) is 3.62. The van der Waals surface area contributed by atoms with E-state index < -0.39 is 0 Å². The van der Waals surface area contributed by atoms with Gasteiger partial charge in [0.25, 0.3) is 0 Å². The minimum atomic E-state index is -0.362. The predicted molar refractivity (Wildman–Crippen MR) is 111 cm³/mol. The Morgan fingerprint density at radius 3 is 2.93 bits per heavy atom. The SMILES string of the molecule is CCOC(=O)c1c(NC(=O)CNc2ccc3c(c2)OCO3)sc2c1CC[C@@H](C)C2. The summed E-state index contributed by atoms with van der Waals surface area (Å²) in [6, 6.07) is 5.43. The van der Waals surface area contributed by atoms with Gasteiger partial charge in [-0.15, -0.1) is 11.3 Å². The summed E-state index contributed by atoms with van der Waals surface area (Å²) in [5.41, 5.74) is 2.31. The van der Waals surface area contributed by atoms with Crippen LogP contribution >= 0.6 is 11.3 Å². The molecule has 0 saturated heterocycles. The molecule has 0 spiro atoms. The highest BCUT2D eigenvalue weighted by molar-refractivity contribution is 7.17. The number of hydrogen-bond acceptors (Lipinski definition) is 7. The smallest absolute Gasteiger partial charge is 0.341 e. The highest BCUT2D eigenvalue weighted by Gasteiger charge is 2.29. The van der Waals surface area contributed by atoms with Crippen molar-refractivity contribution in [1.29, 1.82) is 0 Å². The van der Waals surface area contributed by atoms with E-state index in [1.165, 1.54) is 16.2 Å². The number of nitrogens with one attached hydrogen (secondary N) is 2. The molecule has 7 nitrogen and oxygen atoms in total. The fourth-order valence-corrected chi connectivity index (χ4v) is 5.03. The van der Waals surface area contributed by atoms with Crippen LogP contribution in [0.1, 0.15) is 41.1 Å². The Hall–Kier alpha value is -2.74. The minimum absolute atomic E-state index is 0.0703. The maximum absolute atomic E-state index is 12.6. The normalized spacial score (nSPS) is 16.8. The molecule has 2 aliphatic rings. The van der Waals surface area contributed by atoms with Crippen molar-refractivity contribution in [2.45, 2.75) is 33.1 Å². The quantitative estimate of drug-likeness (QED) is 0.696. The zero-order valence-electron chi connectivity index (χ0n) is 16.5. The minimum Gasteiger partial charge on any atom is -0.462 e. The maximum Gasteiger partial charge on any atom is 0.341 e. The highest BCUT2D eigenvalue weighted by Crippen LogP contribution is 2.40. The van der Waals surface area contributed by atoms with Crippen LogP contribution in [0.4, 0.5) is 10.7 Å². The Morgan fingerprint density at radius 1 is 1.28 bits per heavy atom. The van der Waals surface area contributed by atoms with Crippen LogP contribution in [0.25, 0.3) is 0 Å². The summed E-state index contributed by atoms with van der Waals surface area (Å²) >= 11 is 1.49. The van der Waals surface area contributed by atoms with Crippen LogP contribution in [0, 0.1) is 5.92 Å². The molecule has 1 aromatic heterocycles. The molecule has 2 aromatic rings. The van der Waals surface area contributed by atoms with E-state index in [2.05, 4.69) is 17.6 Å². The van der Waals surface area contributed by atoms with Gasteiger partial charge in [-0.3, -0.25) is 4.79 Å². The molecule has 1 atom stereocenters. The number of fused-ring (bicyclic) bond motifs is 2. The summed E-state index contributed by atoms with van der Waals surface area (Å²) in [6.07, 6.45) is 2.80. The van der Waals surface area contributed by atoms with E-state index in [0.29, 0.717) is 34.6 Å². The molecule has 0 unspecified atom stereocenters. The van der Waals surface area contributed by atoms with Crippen LogP contribution in [-0.4, -0.2) is 31.8 Å². The van der Waals surface area contributed by atoms with E-state index in [0.717, 1.165) is 30.5 Å². The number of carbonyl (C=O) groups is 2. The third-order valence-electron chi connectivity index (χ3n) is 5.07. The second-order valence-electron chi connectivity index (χ2n) is 7.25. The molecule has 0 saturated carbocycles. The van der Waals surface area contributed by atoms with Crippen molar-refractivity contribution in [3.8, 4) is 11.5 Å². The Labute approximate surface area is 173 Å². The van der Waals surface area contributed by atoms with Gasteiger partial charge in [-0.1, -0.05) is 6.92 Å². The average Bonchev–Trinajstić information content (AvgIpc) is 3.29. The summed E-state index contributed by atoms with van der Waals surface area (Å²) in [5.74, 6) is 1.34. The molecule has 1 aromatic carbocycles. The molecule has 0 bridgehead atoms. The number of thiophene rings is 1. The van der Waals surface area contributed by atoms with Crippen LogP contribution in [0.2, 0.25) is 0 Å². The average molecular weight is 416 g/mol. The topological polar surface area (TPSA) is 85.9 Å². The second-order valence-corrected chi connectivity index (χ2v) is 8.35. The van der Waals surface area contributed by atoms with Gasteiger partial charge in [-0.25, -0.2) is 4.79 Å². The van der Waals surface area contributed by atoms with Gasteiger partial charge in [0, 0.05) is 16.6 Å². The van der Waals surface area contributed by atoms with Gasteiger partial charge in [0.1, 0.15) is 5.00 Å². The first-order valence-corrected chi connectivity index (χ1v) is 10.6. The summed E-state index contributed by atoms with van der Waals surface area (Å²) < 4.78 is 15.9. The van der Waals surface area contributed by atoms with Crippen LogP contribution < -0.4 is 20.1 Å². The van der Waals surface area contributed by atoms with Crippen LogP contribution in [-0.2, 0) is 22.4 Å². The summed E-state index contributed by atoms with van der Waals surface area (Å²) in [4.78, 5) is 26.3. The van der Waals surface area contributed by atoms with E-state index in [9.17, 15) is 9.59 Å². The van der Waals surface area contributed by atoms with Crippen molar-refractivity contribution < 1.29 is 23.8 Å². The van der Waals surface area contributed by atoms with Gasteiger partial charge in [-0.05, 0) is 49.8 Å². The van der Waals surface area contributed by atoms with Crippen LogP contribution in [0.3, 0.4) is 0 Å². The van der Waals surface area contributed by atoms with Crippen molar-refractivity contribution in [3.05, 3.63) is 34.2 Å². The number of anilines is 2. The van der Waals surface area contributed by atoms with Gasteiger partial charge < -0.3 is 24.8 Å². The standard InChI is InChI=1S/C21H24N2O5S/c1-3-26-21(25)19-14-6-4-12(2)8-17(14)29-20(19)23-18(24)10-22-13-5-7-15-16(9-13)28-11-27-15/h5,7,9,12,22H,3-4,6,8,10-11H2,1-2H3,(H,23,24)/t12-/m1/s1. The number of amides is 1. The second kappa shape index (κ2) is 8.32. The van der Waals surface area contributed by atoms with Gasteiger partial charge in [0.05, 0.1) is 18.7 Å². The number of benzene rings is 1. The van der Waals surface area contributed by atoms with Crippen molar-refractivity contribution in [2.75, 3.05) is 30.6 Å². The third kappa shape index (κ3) is 4.17. The van der Waals surface area contributed by atoms with E-state index in [4.69, 9.17) is 14.2 Å².